The van der Waals surface area contributed by atoms with E-state index in [1.165, 1.54) is 24.3 Å². The first-order valence-corrected chi connectivity index (χ1v) is 6.71. The topological polar surface area (TPSA) is 0 Å². The van der Waals surface area contributed by atoms with Crippen molar-refractivity contribution < 1.29 is 8.78 Å². The van der Waals surface area contributed by atoms with Gasteiger partial charge in [-0.2, -0.15) is 0 Å². The molecule has 2 aromatic carbocycles. The molecule has 100 valence electrons. The number of hydrogen-bond acceptors (Lipinski definition) is 0. The van der Waals surface area contributed by atoms with Crippen molar-refractivity contribution >= 4 is 34.8 Å². The maximum absolute atomic E-state index is 13.7. The Kier molecular flexibility index (Phi) is 4.67. The van der Waals surface area contributed by atoms with E-state index in [0.717, 1.165) is 0 Å². The van der Waals surface area contributed by atoms with E-state index in [4.69, 9.17) is 34.8 Å². The van der Waals surface area contributed by atoms with Crippen LogP contribution in [0.1, 0.15) is 16.5 Å². The van der Waals surface area contributed by atoms with Crippen molar-refractivity contribution in [2.75, 3.05) is 0 Å². The van der Waals surface area contributed by atoms with Crippen LogP contribution >= 0.6 is 34.8 Å². The Bertz CT molecular complexity index is 579. The summed E-state index contributed by atoms with van der Waals surface area (Å²) in [6.07, 6.45) is 0.135. The third-order valence-electron chi connectivity index (χ3n) is 2.76. The summed E-state index contributed by atoms with van der Waals surface area (Å²) in [5.74, 6) is -0.991. The largest absolute Gasteiger partial charge is 0.207 e. The minimum absolute atomic E-state index is 0.0463. The summed E-state index contributed by atoms with van der Waals surface area (Å²) >= 11 is 18.0. The van der Waals surface area contributed by atoms with Gasteiger partial charge in [-0.15, -0.1) is 11.6 Å². The molecule has 0 heterocycles. The molecule has 1 unspecified atom stereocenters. The summed E-state index contributed by atoms with van der Waals surface area (Å²) in [6.45, 7) is 0. The van der Waals surface area contributed by atoms with Crippen LogP contribution in [0.4, 0.5) is 8.78 Å². The van der Waals surface area contributed by atoms with Crippen molar-refractivity contribution in [2.24, 2.45) is 0 Å². The fourth-order valence-corrected chi connectivity index (χ4v) is 2.67. The normalized spacial score (nSPS) is 12.5. The van der Waals surface area contributed by atoms with Crippen molar-refractivity contribution in [3.63, 3.8) is 0 Å². The Morgan fingerprint density at radius 2 is 1.58 bits per heavy atom. The fourth-order valence-electron chi connectivity index (χ4n) is 1.78. The average molecular weight is 322 g/mol. The van der Waals surface area contributed by atoms with E-state index in [0.29, 0.717) is 11.1 Å². The van der Waals surface area contributed by atoms with Gasteiger partial charge in [-0.1, -0.05) is 41.4 Å². The van der Waals surface area contributed by atoms with E-state index < -0.39 is 17.0 Å². The molecule has 0 amide bonds. The zero-order chi connectivity index (χ0) is 14.0. The Morgan fingerprint density at radius 1 is 0.947 bits per heavy atom. The van der Waals surface area contributed by atoms with E-state index in [9.17, 15) is 8.78 Å². The second kappa shape index (κ2) is 6.08. The molecule has 0 aliphatic carbocycles. The summed E-state index contributed by atoms with van der Waals surface area (Å²) in [4.78, 5) is 0. The lowest BCUT2D eigenvalue weighted by Crippen LogP contribution is -2.01. The molecule has 0 aliphatic heterocycles. The number of halogens is 5. The van der Waals surface area contributed by atoms with Crippen LogP contribution in [0.15, 0.2) is 36.4 Å². The Morgan fingerprint density at radius 3 is 2.26 bits per heavy atom. The van der Waals surface area contributed by atoms with Crippen LogP contribution in [0, 0.1) is 11.6 Å². The van der Waals surface area contributed by atoms with Gasteiger partial charge in [-0.05, 0) is 30.2 Å². The summed E-state index contributed by atoms with van der Waals surface area (Å²) in [5, 5.41) is -0.411. The van der Waals surface area contributed by atoms with Crippen molar-refractivity contribution in [3.8, 4) is 0 Å². The van der Waals surface area contributed by atoms with Gasteiger partial charge >= 0.3 is 0 Å². The van der Waals surface area contributed by atoms with Gasteiger partial charge in [0, 0.05) is 10.6 Å². The van der Waals surface area contributed by atoms with Gasteiger partial charge in [0.25, 0.3) is 0 Å². The summed E-state index contributed by atoms with van der Waals surface area (Å²) < 4.78 is 27.0. The summed E-state index contributed by atoms with van der Waals surface area (Å²) in [7, 11) is 0. The Hall–Kier alpha value is -0.830. The van der Waals surface area contributed by atoms with E-state index in [1.807, 2.05) is 0 Å². The lowest BCUT2D eigenvalue weighted by Gasteiger charge is -2.13. The molecule has 2 aromatic rings. The molecule has 0 bridgehead atoms. The highest BCUT2D eigenvalue weighted by atomic mass is 35.5. The summed E-state index contributed by atoms with van der Waals surface area (Å²) in [5.41, 5.74) is 0.715. The first-order valence-electron chi connectivity index (χ1n) is 5.51. The summed E-state index contributed by atoms with van der Waals surface area (Å²) in [6, 6.07) is 8.76. The number of rotatable bonds is 3. The predicted molar refractivity (Wildman–Crippen MR) is 75.1 cm³/mol. The van der Waals surface area contributed by atoms with Gasteiger partial charge in [0.2, 0.25) is 0 Å². The molecule has 0 saturated carbocycles. The highest BCUT2D eigenvalue weighted by Gasteiger charge is 2.18. The molecule has 0 radical (unpaired) electrons. The van der Waals surface area contributed by atoms with E-state index in [2.05, 4.69) is 0 Å². The van der Waals surface area contributed by atoms with Gasteiger partial charge in [-0.3, -0.25) is 0 Å². The number of benzene rings is 2. The fraction of sp³-hybridized carbons (Fsp3) is 0.143. The molecule has 0 fully saturated rings. The van der Waals surface area contributed by atoms with Gasteiger partial charge in [0.15, 0.2) is 0 Å². The van der Waals surface area contributed by atoms with Crippen LogP contribution in [0.25, 0.3) is 0 Å². The van der Waals surface area contributed by atoms with Crippen molar-refractivity contribution in [1.29, 1.82) is 0 Å². The van der Waals surface area contributed by atoms with E-state index in [1.54, 1.807) is 12.1 Å². The minimum Gasteiger partial charge on any atom is -0.207 e. The third-order valence-corrected chi connectivity index (χ3v) is 3.91. The van der Waals surface area contributed by atoms with Crippen LogP contribution in [0.5, 0.6) is 0 Å². The zero-order valence-electron chi connectivity index (χ0n) is 9.64. The van der Waals surface area contributed by atoms with Crippen LogP contribution in [0.2, 0.25) is 10.0 Å². The van der Waals surface area contributed by atoms with E-state index >= 15 is 0 Å². The first kappa shape index (κ1) is 14.6. The van der Waals surface area contributed by atoms with Crippen LogP contribution in [-0.4, -0.2) is 0 Å². The van der Waals surface area contributed by atoms with Crippen LogP contribution in [0.3, 0.4) is 0 Å². The van der Waals surface area contributed by atoms with Gasteiger partial charge in [-0.25, -0.2) is 8.78 Å². The second-order valence-corrected chi connectivity index (χ2v) is 5.33. The molecule has 0 aliphatic rings. The van der Waals surface area contributed by atoms with Crippen LogP contribution < -0.4 is 0 Å². The van der Waals surface area contributed by atoms with Gasteiger partial charge in [0.1, 0.15) is 11.6 Å². The molecule has 0 aromatic heterocycles. The lowest BCUT2D eigenvalue weighted by molar-refractivity contribution is 0.606. The highest BCUT2D eigenvalue weighted by Crippen LogP contribution is 2.34. The average Bonchev–Trinajstić information content (AvgIpc) is 2.37. The molecular formula is C14H9Cl3F2. The standard InChI is InChI=1S/C14H9Cl3F2/c15-10-4-2-5-12(18)9(10)7-11(16)8-3-1-6-13(19)14(8)17/h1-6,11H,7H2. The molecule has 19 heavy (non-hydrogen) atoms. The Labute approximate surface area is 124 Å². The Balaban J connectivity index is 2.31. The monoisotopic (exact) mass is 320 g/mol. The number of hydrogen-bond donors (Lipinski definition) is 0. The maximum atomic E-state index is 13.7. The quantitative estimate of drug-likeness (QED) is 0.627. The van der Waals surface area contributed by atoms with Crippen molar-refractivity contribution in [1.82, 2.24) is 0 Å². The molecule has 1 atom stereocenters. The third kappa shape index (κ3) is 3.19. The van der Waals surface area contributed by atoms with Crippen molar-refractivity contribution in [3.05, 3.63) is 69.2 Å². The minimum atomic E-state index is -0.655. The maximum Gasteiger partial charge on any atom is 0.142 e. The lowest BCUT2D eigenvalue weighted by atomic mass is 10.0. The molecule has 0 nitrogen and oxygen atoms in total. The molecule has 0 spiro atoms. The highest BCUT2D eigenvalue weighted by molar-refractivity contribution is 6.33. The molecule has 0 saturated heterocycles. The molecular weight excluding hydrogens is 313 g/mol. The van der Waals surface area contributed by atoms with Crippen LogP contribution in [-0.2, 0) is 6.42 Å². The molecule has 0 N–H and O–H groups in total. The number of alkyl halides is 1. The van der Waals surface area contributed by atoms with Crippen molar-refractivity contribution in [2.45, 2.75) is 11.8 Å². The zero-order valence-corrected chi connectivity index (χ0v) is 11.9. The first-order chi connectivity index (χ1) is 9.00. The smallest absolute Gasteiger partial charge is 0.142 e. The second-order valence-electron chi connectivity index (χ2n) is 4.01. The molecule has 2 rings (SSSR count). The predicted octanol–water partition coefficient (Wildman–Crippen LogP) is 5.79. The molecule has 5 heteroatoms. The van der Waals surface area contributed by atoms with Gasteiger partial charge in [0.05, 0.1) is 10.4 Å². The van der Waals surface area contributed by atoms with Gasteiger partial charge < -0.3 is 0 Å². The SMILES string of the molecule is Fc1cccc(C(Cl)Cc2c(F)cccc2Cl)c1Cl. The van der Waals surface area contributed by atoms with E-state index in [-0.39, 0.29) is 16.5 Å².